The summed E-state index contributed by atoms with van der Waals surface area (Å²) in [5.41, 5.74) is 9.43. The fourth-order valence-corrected chi connectivity index (χ4v) is 6.24. The Bertz CT molecular complexity index is 2440. The molecule has 9 rings (SSSR count). The molecule has 0 amide bonds. The van der Waals surface area contributed by atoms with E-state index in [9.17, 15) is 0 Å². The lowest BCUT2D eigenvalue weighted by atomic mass is 9.90. The second-order valence-corrected chi connectivity index (χ2v) is 10.7. The number of para-hydroxylation sites is 2. The number of hydrogen-bond acceptors (Lipinski definition) is 5. The van der Waals surface area contributed by atoms with E-state index in [0.29, 0.717) is 5.89 Å². The zero-order valence-electron chi connectivity index (χ0n) is 22.9. The van der Waals surface area contributed by atoms with E-state index in [-0.39, 0.29) is 0 Å². The van der Waals surface area contributed by atoms with Crippen LogP contribution in [0.4, 0.5) is 0 Å². The third-order valence-corrected chi connectivity index (χ3v) is 8.15. The number of rotatable bonds is 3. The van der Waals surface area contributed by atoms with Gasteiger partial charge in [-0.15, -0.1) is 0 Å². The van der Waals surface area contributed by atoms with Crippen molar-refractivity contribution >= 4 is 54.6 Å². The van der Waals surface area contributed by atoms with Crippen LogP contribution < -0.4 is 0 Å². The van der Waals surface area contributed by atoms with Crippen LogP contribution in [0.25, 0.3) is 88.3 Å². The molecule has 0 unspecified atom stereocenters. The number of benzene rings is 5. The largest absolute Gasteiger partial charge is 0.436 e. The Hall–Kier alpha value is -5.94. The first-order valence-corrected chi connectivity index (χ1v) is 14.2. The summed E-state index contributed by atoms with van der Waals surface area (Å²) in [4.78, 5) is 19.2. The molecule has 4 aromatic heterocycles. The molecular formula is C38H22N4O. The van der Waals surface area contributed by atoms with Crippen molar-refractivity contribution in [3.8, 4) is 33.7 Å². The molecule has 0 aliphatic heterocycles. The predicted octanol–water partition coefficient (Wildman–Crippen LogP) is 9.63. The fraction of sp³-hybridized carbons (Fsp3) is 0. The third kappa shape index (κ3) is 3.79. The summed E-state index contributed by atoms with van der Waals surface area (Å²) in [5, 5.41) is 5.48. The lowest BCUT2D eigenvalue weighted by molar-refractivity contribution is 0.620. The first kappa shape index (κ1) is 23.7. The van der Waals surface area contributed by atoms with Gasteiger partial charge in [-0.1, -0.05) is 54.6 Å². The van der Waals surface area contributed by atoms with Crippen molar-refractivity contribution < 1.29 is 4.42 Å². The molecule has 0 N–H and O–H groups in total. The molecule has 5 nitrogen and oxygen atoms in total. The quantitative estimate of drug-likeness (QED) is 0.162. The maximum Gasteiger partial charge on any atom is 0.227 e. The lowest BCUT2D eigenvalue weighted by Crippen LogP contribution is -1.92. The van der Waals surface area contributed by atoms with E-state index in [0.717, 1.165) is 77.0 Å². The van der Waals surface area contributed by atoms with E-state index >= 15 is 0 Å². The molecular weight excluding hydrogens is 528 g/mol. The van der Waals surface area contributed by atoms with Crippen LogP contribution in [0.15, 0.2) is 138 Å². The molecule has 0 saturated heterocycles. The number of oxazole rings is 1. The highest BCUT2D eigenvalue weighted by atomic mass is 16.3. The van der Waals surface area contributed by atoms with Crippen LogP contribution in [0.3, 0.4) is 0 Å². The van der Waals surface area contributed by atoms with E-state index < -0.39 is 0 Å². The zero-order valence-corrected chi connectivity index (χ0v) is 22.9. The van der Waals surface area contributed by atoms with Crippen molar-refractivity contribution in [3.05, 3.63) is 134 Å². The van der Waals surface area contributed by atoms with Gasteiger partial charge in [0.05, 0.1) is 16.6 Å². The Kier molecular flexibility index (Phi) is 5.13. The Morgan fingerprint density at radius 1 is 0.465 bits per heavy atom. The van der Waals surface area contributed by atoms with Gasteiger partial charge in [0, 0.05) is 45.9 Å². The zero-order chi connectivity index (χ0) is 28.3. The van der Waals surface area contributed by atoms with Crippen LogP contribution in [0.5, 0.6) is 0 Å². The third-order valence-electron chi connectivity index (χ3n) is 8.15. The highest BCUT2D eigenvalue weighted by molar-refractivity contribution is 6.13. The summed E-state index contributed by atoms with van der Waals surface area (Å²) >= 11 is 0. The van der Waals surface area contributed by atoms with Gasteiger partial charge < -0.3 is 4.42 Å². The molecule has 0 fully saturated rings. The maximum atomic E-state index is 6.32. The van der Waals surface area contributed by atoms with Crippen molar-refractivity contribution in [1.82, 2.24) is 19.9 Å². The molecule has 0 saturated carbocycles. The molecule has 200 valence electrons. The fourth-order valence-electron chi connectivity index (χ4n) is 6.24. The normalized spacial score (nSPS) is 11.7. The Morgan fingerprint density at radius 3 is 2.00 bits per heavy atom. The van der Waals surface area contributed by atoms with Gasteiger partial charge in [0.15, 0.2) is 5.58 Å². The SMILES string of the molecule is c1ccc2c(-c3cc(-c4nc5ccccc5o4)cc(-c4cc5cccnc5c5ncccc45)c3)c3ncccc3cc2c1. The van der Waals surface area contributed by atoms with E-state index in [1.807, 2.05) is 61.1 Å². The maximum absolute atomic E-state index is 6.32. The number of aromatic nitrogens is 4. The van der Waals surface area contributed by atoms with Gasteiger partial charge in [-0.3, -0.25) is 15.0 Å². The van der Waals surface area contributed by atoms with Crippen molar-refractivity contribution in [2.75, 3.05) is 0 Å². The van der Waals surface area contributed by atoms with Gasteiger partial charge >= 0.3 is 0 Å². The lowest BCUT2D eigenvalue weighted by Gasteiger charge is -2.15. The Labute approximate surface area is 246 Å². The summed E-state index contributed by atoms with van der Waals surface area (Å²) in [7, 11) is 0. The minimum absolute atomic E-state index is 0.576. The summed E-state index contributed by atoms with van der Waals surface area (Å²) in [6.07, 6.45) is 5.51. The Balaban J connectivity index is 1.41. The van der Waals surface area contributed by atoms with Gasteiger partial charge in [0.1, 0.15) is 5.52 Å². The van der Waals surface area contributed by atoms with Gasteiger partial charge in [-0.25, -0.2) is 4.98 Å². The van der Waals surface area contributed by atoms with E-state index in [4.69, 9.17) is 19.4 Å². The average molecular weight is 551 g/mol. The second-order valence-electron chi connectivity index (χ2n) is 10.7. The molecule has 0 radical (unpaired) electrons. The molecule has 0 atom stereocenters. The molecule has 4 heterocycles. The summed E-state index contributed by atoms with van der Waals surface area (Å²) in [5.74, 6) is 0.576. The number of hydrogen-bond donors (Lipinski definition) is 0. The van der Waals surface area contributed by atoms with Crippen LogP contribution in [-0.2, 0) is 0 Å². The van der Waals surface area contributed by atoms with Gasteiger partial charge in [0.2, 0.25) is 5.89 Å². The molecule has 5 aromatic carbocycles. The molecule has 9 aromatic rings. The van der Waals surface area contributed by atoms with Gasteiger partial charge in [-0.2, -0.15) is 0 Å². The summed E-state index contributed by atoms with van der Waals surface area (Å²) in [6, 6.07) is 39.7. The topological polar surface area (TPSA) is 64.7 Å². The first-order chi connectivity index (χ1) is 21.3. The number of fused-ring (bicyclic) bond motifs is 6. The first-order valence-electron chi connectivity index (χ1n) is 14.2. The molecule has 5 heteroatoms. The average Bonchev–Trinajstić information content (AvgIpc) is 3.51. The van der Waals surface area contributed by atoms with Gasteiger partial charge in [0.25, 0.3) is 0 Å². The van der Waals surface area contributed by atoms with Crippen LogP contribution in [0.2, 0.25) is 0 Å². The minimum atomic E-state index is 0.576. The van der Waals surface area contributed by atoms with Crippen molar-refractivity contribution in [2.45, 2.75) is 0 Å². The van der Waals surface area contributed by atoms with Crippen LogP contribution in [0.1, 0.15) is 0 Å². The van der Waals surface area contributed by atoms with E-state index in [1.54, 1.807) is 0 Å². The highest BCUT2D eigenvalue weighted by Crippen LogP contribution is 2.41. The summed E-state index contributed by atoms with van der Waals surface area (Å²) < 4.78 is 6.32. The molecule has 0 aliphatic carbocycles. The van der Waals surface area contributed by atoms with E-state index in [1.165, 1.54) is 5.39 Å². The molecule has 0 bridgehead atoms. The minimum Gasteiger partial charge on any atom is -0.436 e. The van der Waals surface area contributed by atoms with Crippen molar-refractivity contribution in [1.29, 1.82) is 0 Å². The monoisotopic (exact) mass is 550 g/mol. The van der Waals surface area contributed by atoms with Crippen LogP contribution in [-0.4, -0.2) is 19.9 Å². The van der Waals surface area contributed by atoms with Crippen LogP contribution >= 0.6 is 0 Å². The number of nitrogens with zero attached hydrogens (tertiary/aromatic N) is 4. The predicted molar refractivity (Wildman–Crippen MR) is 174 cm³/mol. The smallest absolute Gasteiger partial charge is 0.227 e. The van der Waals surface area contributed by atoms with Crippen molar-refractivity contribution in [3.63, 3.8) is 0 Å². The van der Waals surface area contributed by atoms with Crippen LogP contribution in [0, 0.1) is 0 Å². The molecule has 0 aliphatic rings. The Morgan fingerprint density at radius 2 is 1.12 bits per heavy atom. The highest BCUT2D eigenvalue weighted by Gasteiger charge is 2.18. The summed E-state index contributed by atoms with van der Waals surface area (Å²) in [6.45, 7) is 0. The van der Waals surface area contributed by atoms with E-state index in [2.05, 4.69) is 77.8 Å². The standard InChI is InChI=1S/C38H22N4O/c1-2-11-29-23(8-1)18-24-9-5-15-39-35(24)34(29)27-19-26(20-28(21-27)38-42-32-13-3-4-14-33(32)43-38)31-22-25-10-6-16-40-36(25)37-30(31)12-7-17-41-37/h1-22H. The number of pyridine rings is 3. The van der Waals surface area contributed by atoms with Gasteiger partial charge in [-0.05, 0) is 88.1 Å². The molecule has 43 heavy (non-hydrogen) atoms. The second kappa shape index (κ2) is 9.29. The molecule has 0 spiro atoms. The van der Waals surface area contributed by atoms with Crippen molar-refractivity contribution in [2.24, 2.45) is 0 Å².